The van der Waals surface area contributed by atoms with Gasteiger partial charge in [-0.3, -0.25) is 10.2 Å². The van der Waals surface area contributed by atoms with Crippen LogP contribution < -0.4 is 11.2 Å². The van der Waals surface area contributed by atoms with Gasteiger partial charge in [-0.1, -0.05) is 19.8 Å². The van der Waals surface area contributed by atoms with Gasteiger partial charge in [0, 0.05) is 5.71 Å². The van der Waals surface area contributed by atoms with E-state index in [0.717, 1.165) is 37.8 Å². The summed E-state index contributed by atoms with van der Waals surface area (Å²) in [5.41, 5.74) is 8.74. The van der Waals surface area contributed by atoms with E-state index in [-0.39, 0.29) is 23.1 Å². The quantitative estimate of drug-likeness (QED) is 0.237. The number of nitrogens with one attached hydrogen (secondary N) is 1. The highest BCUT2D eigenvalue weighted by atomic mass is 32.1. The Labute approximate surface area is 126 Å². The lowest BCUT2D eigenvalue weighted by Gasteiger charge is -2.07. The maximum Gasteiger partial charge on any atom is 0.309 e. The van der Waals surface area contributed by atoms with Gasteiger partial charge in [0.25, 0.3) is 0 Å². The molecular weight excluding hydrogens is 274 g/mol. The Hall–Kier alpha value is -1.17. The Morgan fingerprint density at radius 1 is 1.50 bits per heavy atom. The maximum absolute atomic E-state index is 11.8. The molecule has 20 heavy (non-hydrogen) atoms. The fourth-order valence-corrected chi connectivity index (χ4v) is 2.39. The van der Waals surface area contributed by atoms with Gasteiger partial charge in [0.2, 0.25) is 0 Å². The van der Waals surface area contributed by atoms with Gasteiger partial charge in [-0.05, 0) is 51.2 Å². The van der Waals surface area contributed by atoms with Crippen molar-refractivity contribution in [1.82, 2.24) is 5.43 Å². The number of carbonyl (C=O) groups excluding carboxylic acids is 1. The number of carbonyl (C=O) groups is 1. The molecule has 0 bridgehead atoms. The van der Waals surface area contributed by atoms with Crippen molar-refractivity contribution in [2.24, 2.45) is 16.8 Å². The highest BCUT2D eigenvalue weighted by molar-refractivity contribution is 7.80. The molecule has 0 aliphatic carbocycles. The Morgan fingerprint density at radius 2 is 2.25 bits per heavy atom. The molecule has 6 heteroatoms. The molecule has 2 atom stereocenters. The lowest BCUT2D eigenvalue weighted by molar-refractivity contribution is -0.144. The van der Waals surface area contributed by atoms with Crippen molar-refractivity contribution in [1.29, 1.82) is 0 Å². The van der Waals surface area contributed by atoms with Crippen molar-refractivity contribution in [2.75, 3.05) is 0 Å². The summed E-state index contributed by atoms with van der Waals surface area (Å²) in [6.07, 6.45) is 7.01. The van der Waals surface area contributed by atoms with Crippen LogP contribution in [0.1, 0.15) is 58.8 Å². The van der Waals surface area contributed by atoms with Gasteiger partial charge in [0.05, 0.1) is 5.92 Å². The van der Waals surface area contributed by atoms with Gasteiger partial charge in [-0.25, -0.2) is 0 Å². The molecule has 0 unspecified atom stereocenters. The van der Waals surface area contributed by atoms with Crippen molar-refractivity contribution in [3.63, 3.8) is 0 Å². The predicted octanol–water partition coefficient (Wildman–Crippen LogP) is 2.49. The van der Waals surface area contributed by atoms with Crippen LogP contribution >= 0.6 is 12.2 Å². The van der Waals surface area contributed by atoms with Crippen molar-refractivity contribution in [2.45, 2.75) is 64.9 Å². The van der Waals surface area contributed by atoms with Crippen LogP contribution in [0.5, 0.6) is 0 Å². The van der Waals surface area contributed by atoms with Gasteiger partial charge in [0.15, 0.2) is 5.11 Å². The first kappa shape index (κ1) is 16.9. The molecule has 5 nitrogen and oxygen atoms in total. The number of hydrogen-bond donors (Lipinski definition) is 2. The number of hydrazone groups is 1. The number of rotatable bonds is 8. The number of thiocarbonyl (C=S) groups is 1. The van der Waals surface area contributed by atoms with E-state index in [2.05, 4.69) is 29.7 Å². The van der Waals surface area contributed by atoms with E-state index < -0.39 is 0 Å². The van der Waals surface area contributed by atoms with Crippen molar-refractivity contribution in [3.05, 3.63) is 0 Å². The first-order valence-corrected chi connectivity index (χ1v) is 7.72. The number of ether oxygens (including phenoxy) is 1. The zero-order valence-corrected chi connectivity index (χ0v) is 13.2. The molecule has 3 N–H and O–H groups in total. The summed E-state index contributed by atoms with van der Waals surface area (Å²) in [7, 11) is 0. The third-order valence-electron chi connectivity index (χ3n) is 3.50. The van der Waals surface area contributed by atoms with Gasteiger partial charge in [0.1, 0.15) is 6.10 Å². The molecule has 0 aromatic carbocycles. The number of nitrogens with zero attached hydrogens (tertiary/aromatic N) is 1. The third-order valence-corrected chi connectivity index (χ3v) is 3.60. The van der Waals surface area contributed by atoms with E-state index in [4.69, 9.17) is 10.5 Å². The molecule has 0 aromatic heterocycles. The zero-order chi connectivity index (χ0) is 15.0. The van der Waals surface area contributed by atoms with Crippen molar-refractivity contribution < 1.29 is 9.53 Å². The normalized spacial score (nSPS) is 22.7. The molecule has 0 radical (unpaired) electrons. The van der Waals surface area contributed by atoms with Crippen LogP contribution in [0.3, 0.4) is 0 Å². The molecule has 1 saturated heterocycles. The van der Waals surface area contributed by atoms with Crippen LogP contribution in [-0.4, -0.2) is 22.9 Å². The second-order valence-corrected chi connectivity index (χ2v) is 5.79. The van der Waals surface area contributed by atoms with Crippen LogP contribution in [0.25, 0.3) is 0 Å². The summed E-state index contributed by atoms with van der Waals surface area (Å²) < 4.78 is 5.42. The van der Waals surface area contributed by atoms with Gasteiger partial charge in [-0.15, -0.1) is 0 Å². The van der Waals surface area contributed by atoms with Crippen molar-refractivity contribution in [3.8, 4) is 0 Å². The number of cyclic esters (lactones) is 1. The molecule has 0 aromatic rings. The highest BCUT2D eigenvalue weighted by Crippen LogP contribution is 2.28. The van der Waals surface area contributed by atoms with Crippen molar-refractivity contribution >= 4 is 29.0 Å². The van der Waals surface area contributed by atoms with E-state index in [9.17, 15) is 4.79 Å². The number of esters is 1. The predicted molar refractivity (Wildman–Crippen MR) is 84.4 cm³/mol. The summed E-state index contributed by atoms with van der Waals surface area (Å²) in [4.78, 5) is 11.8. The maximum atomic E-state index is 11.8. The molecule has 1 fully saturated rings. The average Bonchev–Trinajstić information content (AvgIpc) is 2.75. The molecule has 0 amide bonds. The Morgan fingerprint density at radius 3 is 2.90 bits per heavy atom. The summed E-state index contributed by atoms with van der Waals surface area (Å²) in [6, 6.07) is 0. The SMILES string of the molecule is CCCCC[C@@H]1C[C@H](CC/C(C)=N/NC(N)=S)C(=O)O1. The average molecular weight is 299 g/mol. The van der Waals surface area contributed by atoms with Gasteiger partial charge >= 0.3 is 5.97 Å². The molecule has 1 rings (SSSR count). The first-order chi connectivity index (χ1) is 9.52. The lowest BCUT2D eigenvalue weighted by atomic mass is 9.96. The van der Waals surface area contributed by atoms with E-state index in [1.165, 1.54) is 12.8 Å². The summed E-state index contributed by atoms with van der Waals surface area (Å²) >= 11 is 4.68. The summed E-state index contributed by atoms with van der Waals surface area (Å²) in [5.74, 6) is -0.0433. The lowest BCUT2D eigenvalue weighted by Crippen LogP contribution is -2.25. The van der Waals surface area contributed by atoms with Crippen LogP contribution in [0.15, 0.2) is 5.10 Å². The van der Waals surface area contributed by atoms with E-state index in [1.54, 1.807) is 0 Å². The largest absolute Gasteiger partial charge is 0.462 e. The van der Waals surface area contributed by atoms with Gasteiger partial charge in [-0.2, -0.15) is 5.10 Å². The Kier molecular flexibility index (Phi) is 7.51. The highest BCUT2D eigenvalue weighted by Gasteiger charge is 2.33. The fourth-order valence-electron chi connectivity index (χ4n) is 2.35. The van der Waals surface area contributed by atoms with E-state index in [0.29, 0.717) is 0 Å². The van der Waals surface area contributed by atoms with Crippen LogP contribution in [0.2, 0.25) is 0 Å². The fraction of sp³-hybridized carbons (Fsp3) is 0.786. The zero-order valence-electron chi connectivity index (χ0n) is 12.4. The minimum Gasteiger partial charge on any atom is -0.462 e. The first-order valence-electron chi connectivity index (χ1n) is 7.32. The van der Waals surface area contributed by atoms with Crippen LogP contribution in [-0.2, 0) is 9.53 Å². The van der Waals surface area contributed by atoms with Crippen LogP contribution in [0.4, 0.5) is 0 Å². The minimum absolute atomic E-state index is 0.0107. The minimum atomic E-state index is -0.0541. The molecule has 0 spiro atoms. The monoisotopic (exact) mass is 299 g/mol. The van der Waals surface area contributed by atoms with Crippen LogP contribution in [0, 0.1) is 5.92 Å². The smallest absolute Gasteiger partial charge is 0.309 e. The second-order valence-electron chi connectivity index (χ2n) is 5.35. The van der Waals surface area contributed by atoms with Gasteiger partial charge < -0.3 is 10.5 Å². The summed E-state index contributed by atoms with van der Waals surface area (Å²) in [6.45, 7) is 4.07. The Balaban J connectivity index is 2.28. The second kappa shape index (κ2) is 8.89. The van der Waals surface area contributed by atoms with E-state index in [1.807, 2.05) is 6.92 Å². The third kappa shape index (κ3) is 6.32. The summed E-state index contributed by atoms with van der Waals surface area (Å²) in [5, 5.41) is 4.19. The molecule has 114 valence electrons. The number of nitrogens with two attached hydrogens (primary N) is 1. The molecule has 1 heterocycles. The molecule has 0 saturated carbocycles. The van der Waals surface area contributed by atoms with E-state index >= 15 is 0 Å². The number of hydrogen-bond acceptors (Lipinski definition) is 4. The standard InChI is InChI=1S/C14H25N3O2S/c1-3-4-5-6-12-9-11(13(18)19-12)8-7-10(2)16-17-14(15)20/h11-12H,3-9H2,1-2H3,(H3,15,17,20)/b16-10+/t11-,12+/m0/s1. The molecular formula is C14H25N3O2S. The number of unbranched alkanes of at least 4 members (excludes halogenated alkanes) is 2. The molecule has 1 aliphatic rings. The Bertz CT molecular complexity index is 371. The topological polar surface area (TPSA) is 76.7 Å². The molecule has 1 aliphatic heterocycles.